The van der Waals surface area contributed by atoms with E-state index in [1.807, 2.05) is 17.5 Å². The zero-order valence-electron chi connectivity index (χ0n) is 11.2. The molecule has 1 amide bonds. The minimum Gasteiger partial charge on any atom is -0.383 e. The molecule has 4 nitrogen and oxygen atoms in total. The fourth-order valence-corrected chi connectivity index (χ4v) is 2.77. The van der Waals surface area contributed by atoms with E-state index in [0.717, 1.165) is 4.88 Å². The van der Waals surface area contributed by atoms with E-state index in [-0.39, 0.29) is 12.5 Å². The zero-order chi connectivity index (χ0) is 14.8. The SMILES string of the molecule is Cc1nc(Cl)ccc1C(=O)NCC(C)(O)c1cccs1. The third kappa shape index (κ3) is 3.36. The van der Waals surface area contributed by atoms with Crippen molar-refractivity contribution >= 4 is 28.8 Å². The average molecular weight is 311 g/mol. The normalized spacial score (nSPS) is 13.8. The number of hydrogen-bond donors (Lipinski definition) is 2. The molecule has 0 saturated heterocycles. The molecular weight excluding hydrogens is 296 g/mol. The molecule has 0 spiro atoms. The summed E-state index contributed by atoms with van der Waals surface area (Å²) in [7, 11) is 0. The highest BCUT2D eigenvalue weighted by Crippen LogP contribution is 2.24. The minimum atomic E-state index is -1.09. The molecule has 106 valence electrons. The van der Waals surface area contributed by atoms with Gasteiger partial charge >= 0.3 is 0 Å². The van der Waals surface area contributed by atoms with Gasteiger partial charge in [-0.2, -0.15) is 0 Å². The molecule has 0 aromatic carbocycles. The Morgan fingerprint density at radius 3 is 2.85 bits per heavy atom. The lowest BCUT2D eigenvalue weighted by Gasteiger charge is -2.22. The third-order valence-electron chi connectivity index (χ3n) is 2.94. The average Bonchev–Trinajstić information content (AvgIpc) is 2.90. The van der Waals surface area contributed by atoms with Crippen molar-refractivity contribution in [3.8, 4) is 0 Å². The predicted molar refractivity (Wildman–Crippen MR) is 80.2 cm³/mol. The molecule has 0 aliphatic heterocycles. The Labute approximate surface area is 126 Å². The number of nitrogens with one attached hydrogen (secondary N) is 1. The van der Waals surface area contributed by atoms with Crippen LogP contribution in [0, 0.1) is 6.92 Å². The van der Waals surface area contributed by atoms with Gasteiger partial charge in [0.25, 0.3) is 5.91 Å². The Kier molecular flexibility index (Phi) is 4.42. The van der Waals surface area contributed by atoms with E-state index in [2.05, 4.69) is 10.3 Å². The molecule has 2 N–H and O–H groups in total. The molecule has 2 aromatic heterocycles. The zero-order valence-corrected chi connectivity index (χ0v) is 12.8. The number of hydrogen-bond acceptors (Lipinski definition) is 4. The highest BCUT2D eigenvalue weighted by molar-refractivity contribution is 7.10. The summed E-state index contributed by atoms with van der Waals surface area (Å²) in [6, 6.07) is 6.90. The highest BCUT2D eigenvalue weighted by Gasteiger charge is 2.25. The van der Waals surface area contributed by atoms with Crippen LogP contribution in [-0.2, 0) is 5.60 Å². The van der Waals surface area contributed by atoms with Gasteiger partial charge in [0.15, 0.2) is 0 Å². The summed E-state index contributed by atoms with van der Waals surface area (Å²) in [6.45, 7) is 3.53. The number of thiophene rings is 1. The molecule has 1 atom stereocenters. The summed E-state index contributed by atoms with van der Waals surface area (Å²) in [6.07, 6.45) is 0. The van der Waals surface area contributed by atoms with E-state index in [1.165, 1.54) is 11.3 Å². The lowest BCUT2D eigenvalue weighted by Crippen LogP contribution is -2.38. The van der Waals surface area contributed by atoms with E-state index < -0.39 is 5.60 Å². The number of carbonyl (C=O) groups excluding carboxylic acids is 1. The first-order valence-corrected chi connectivity index (χ1v) is 7.33. The Hall–Kier alpha value is -1.43. The largest absolute Gasteiger partial charge is 0.383 e. The lowest BCUT2D eigenvalue weighted by molar-refractivity contribution is 0.0556. The number of aliphatic hydroxyl groups is 1. The van der Waals surface area contributed by atoms with Crippen LogP contribution in [0.2, 0.25) is 5.15 Å². The van der Waals surface area contributed by atoms with Crippen molar-refractivity contribution in [2.75, 3.05) is 6.54 Å². The highest BCUT2D eigenvalue weighted by atomic mass is 35.5. The van der Waals surface area contributed by atoms with E-state index in [1.54, 1.807) is 26.0 Å². The number of pyridine rings is 1. The van der Waals surface area contributed by atoms with Gasteiger partial charge in [0.2, 0.25) is 0 Å². The van der Waals surface area contributed by atoms with Crippen LogP contribution in [0.5, 0.6) is 0 Å². The van der Waals surface area contributed by atoms with Crippen molar-refractivity contribution in [3.63, 3.8) is 0 Å². The van der Waals surface area contributed by atoms with Gasteiger partial charge in [0.05, 0.1) is 17.8 Å². The van der Waals surface area contributed by atoms with Crippen LogP contribution >= 0.6 is 22.9 Å². The molecule has 1 unspecified atom stereocenters. The molecular formula is C14H15ClN2O2S. The Morgan fingerprint density at radius 2 is 2.25 bits per heavy atom. The maximum Gasteiger partial charge on any atom is 0.253 e. The summed E-state index contributed by atoms with van der Waals surface area (Å²) < 4.78 is 0. The Bertz CT molecular complexity index is 612. The van der Waals surface area contributed by atoms with Crippen LogP contribution in [0.4, 0.5) is 0 Å². The second-order valence-electron chi connectivity index (χ2n) is 4.70. The maximum atomic E-state index is 12.1. The van der Waals surface area contributed by atoms with Crippen molar-refractivity contribution in [3.05, 3.63) is 50.9 Å². The van der Waals surface area contributed by atoms with Crippen molar-refractivity contribution in [2.24, 2.45) is 0 Å². The van der Waals surface area contributed by atoms with Crippen molar-refractivity contribution in [2.45, 2.75) is 19.4 Å². The molecule has 0 aliphatic rings. The molecule has 0 bridgehead atoms. The van der Waals surface area contributed by atoms with Crippen molar-refractivity contribution < 1.29 is 9.90 Å². The molecule has 0 fully saturated rings. The fourth-order valence-electron chi connectivity index (χ4n) is 1.79. The van der Waals surface area contributed by atoms with E-state index in [9.17, 15) is 9.90 Å². The quantitative estimate of drug-likeness (QED) is 0.854. The number of carbonyl (C=O) groups is 1. The number of aryl methyl sites for hydroxylation is 1. The van der Waals surface area contributed by atoms with Gasteiger partial charge in [-0.3, -0.25) is 4.79 Å². The number of amides is 1. The topological polar surface area (TPSA) is 62.2 Å². The Balaban J connectivity index is 2.05. The van der Waals surface area contributed by atoms with Crippen LogP contribution in [0.15, 0.2) is 29.6 Å². The first kappa shape index (κ1) is 15.0. The Morgan fingerprint density at radius 1 is 1.50 bits per heavy atom. The predicted octanol–water partition coefficient (Wildman–Crippen LogP) is 2.74. The van der Waals surface area contributed by atoms with Crippen molar-refractivity contribution in [1.29, 1.82) is 0 Å². The number of rotatable bonds is 4. The minimum absolute atomic E-state index is 0.133. The smallest absolute Gasteiger partial charge is 0.253 e. The summed E-state index contributed by atoms with van der Waals surface area (Å²) in [5.41, 5.74) is -0.0699. The monoisotopic (exact) mass is 310 g/mol. The van der Waals surface area contributed by atoms with E-state index in [4.69, 9.17) is 11.6 Å². The number of aromatic nitrogens is 1. The van der Waals surface area contributed by atoms with Gasteiger partial charge < -0.3 is 10.4 Å². The molecule has 0 radical (unpaired) electrons. The second-order valence-corrected chi connectivity index (χ2v) is 6.04. The van der Waals surface area contributed by atoms with Gasteiger partial charge in [-0.25, -0.2) is 4.98 Å². The summed E-state index contributed by atoms with van der Waals surface area (Å²) >= 11 is 7.21. The third-order valence-corrected chi connectivity index (χ3v) is 4.28. The molecule has 2 aromatic rings. The molecule has 2 rings (SSSR count). The first-order chi connectivity index (χ1) is 9.40. The van der Waals surface area contributed by atoms with Crippen LogP contribution in [0.1, 0.15) is 27.9 Å². The summed E-state index contributed by atoms with van der Waals surface area (Å²) in [5.74, 6) is -0.275. The van der Waals surface area contributed by atoms with E-state index >= 15 is 0 Å². The molecule has 0 saturated carbocycles. The van der Waals surface area contributed by atoms with Crippen LogP contribution in [0.3, 0.4) is 0 Å². The lowest BCUT2D eigenvalue weighted by atomic mass is 10.0. The van der Waals surface area contributed by atoms with Crippen LogP contribution < -0.4 is 5.32 Å². The van der Waals surface area contributed by atoms with Gasteiger partial charge in [-0.05, 0) is 37.4 Å². The van der Waals surface area contributed by atoms with Gasteiger partial charge in [-0.15, -0.1) is 11.3 Å². The molecule has 0 aliphatic carbocycles. The molecule has 20 heavy (non-hydrogen) atoms. The second kappa shape index (κ2) is 5.91. The van der Waals surface area contributed by atoms with Crippen molar-refractivity contribution in [1.82, 2.24) is 10.3 Å². The standard InChI is InChI=1S/C14H15ClN2O2S/c1-9-10(5-6-12(15)17-9)13(18)16-8-14(2,19)11-4-3-7-20-11/h3-7,19H,8H2,1-2H3,(H,16,18). The molecule has 2 heterocycles. The molecule has 6 heteroatoms. The summed E-state index contributed by atoms with van der Waals surface area (Å²) in [5, 5.41) is 15.3. The van der Waals surface area contributed by atoms with Crippen LogP contribution in [-0.4, -0.2) is 22.5 Å². The van der Waals surface area contributed by atoms with Gasteiger partial charge in [0.1, 0.15) is 10.8 Å². The number of halogens is 1. The summed E-state index contributed by atoms with van der Waals surface area (Å²) in [4.78, 5) is 16.9. The number of nitrogens with zero attached hydrogens (tertiary/aromatic N) is 1. The van der Waals surface area contributed by atoms with Gasteiger partial charge in [-0.1, -0.05) is 17.7 Å². The van der Waals surface area contributed by atoms with Gasteiger partial charge in [0, 0.05) is 4.88 Å². The van der Waals surface area contributed by atoms with Crippen LogP contribution in [0.25, 0.3) is 0 Å². The van der Waals surface area contributed by atoms with E-state index in [0.29, 0.717) is 16.4 Å². The fraction of sp³-hybridized carbons (Fsp3) is 0.286. The maximum absolute atomic E-state index is 12.1. The first-order valence-electron chi connectivity index (χ1n) is 6.08.